The van der Waals surface area contributed by atoms with Gasteiger partial charge in [0.25, 0.3) is 0 Å². The van der Waals surface area contributed by atoms with Crippen LogP contribution in [0, 0.1) is 5.92 Å². The van der Waals surface area contributed by atoms with Gasteiger partial charge in [0.15, 0.2) is 5.11 Å². The molecule has 132 valence electrons. The molecule has 0 heterocycles. The normalized spacial score (nSPS) is 10.2. The number of hydrogen-bond acceptors (Lipinski definition) is 3. The summed E-state index contributed by atoms with van der Waals surface area (Å²) in [7, 11) is 0. The topological polar surface area (TPSA) is 62.4 Å². The van der Waals surface area contributed by atoms with E-state index in [1.165, 1.54) is 0 Å². The molecule has 0 fully saturated rings. The van der Waals surface area contributed by atoms with Crippen molar-refractivity contribution in [2.45, 2.75) is 20.3 Å². The number of carbonyl (C=O) groups is 1. The molecule has 3 N–H and O–H groups in total. The smallest absolute Gasteiger partial charge is 0.242 e. The Kier molecular flexibility index (Phi) is 7.22. The number of amides is 1. The van der Waals surface area contributed by atoms with E-state index in [9.17, 15) is 4.79 Å². The maximum Gasteiger partial charge on any atom is 0.242 e. The third-order valence-electron chi connectivity index (χ3n) is 3.22. The fourth-order valence-corrected chi connectivity index (χ4v) is 2.18. The lowest BCUT2D eigenvalue weighted by Crippen LogP contribution is -2.44. The summed E-state index contributed by atoms with van der Waals surface area (Å²) in [6, 6.07) is 17.0. The van der Waals surface area contributed by atoms with E-state index >= 15 is 0 Å². The maximum absolute atomic E-state index is 12.0. The van der Waals surface area contributed by atoms with Gasteiger partial charge in [-0.25, -0.2) is 0 Å². The number of hydrazine groups is 1. The van der Waals surface area contributed by atoms with Gasteiger partial charge in [0.1, 0.15) is 5.75 Å². The third-order valence-corrected chi connectivity index (χ3v) is 3.42. The van der Waals surface area contributed by atoms with Gasteiger partial charge in [0, 0.05) is 5.69 Å². The number of anilines is 1. The average Bonchev–Trinajstić information content (AvgIpc) is 2.60. The number of rotatable bonds is 6. The Morgan fingerprint density at radius 3 is 2.36 bits per heavy atom. The van der Waals surface area contributed by atoms with Crippen molar-refractivity contribution in [2.75, 3.05) is 11.9 Å². The summed E-state index contributed by atoms with van der Waals surface area (Å²) in [5.74, 6) is 1.11. The van der Waals surface area contributed by atoms with E-state index in [4.69, 9.17) is 17.0 Å². The second-order valence-corrected chi connectivity index (χ2v) is 6.43. The molecule has 0 aliphatic rings. The molecule has 0 radical (unpaired) electrons. The lowest BCUT2D eigenvalue weighted by atomic mass is 10.1. The molecular weight excluding hydrogens is 334 g/mol. The van der Waals surface area contributed by atoms with Crippen LogP contribution in [-0.2, 0) is 11.2 Å². The molecule has 5 nitrogen and oxygen atoms in total. The van der Waals surface area contributed by atoms with Gasteiger partial charge in [-0.05, 0) is 48.0 Å². The highest BCUT2D eigenvalue weighted by molar-refractivity contribution is 7.80. The Morgan fingerprint density at radius 1 is 1.04 bits per heavy atom. The highest BCUT2D eigenvalue weighted by Gasteiger charge is 2.05. The van der Waals surface area contributed by atoms with Crippen LogP contribution in [0.3, 0.4) is 0 Å². The Morgan fingerprint density at radius 2 is 1.72 bits per heavy atom. The molecular formula is C19H23N3O2S. The summed E-state index contributed by atoms with van der Waals surface area (Å²) in [6.45, 7) is 4.88. The predicted octanol–water partition coefficient (Wildman–Crippen LogP) is 3.28. The van der Waals surface area contributed by atoms with Crippen molar-refractivity contribution in [3.8, 4) is 5.75 Å². The van der Waals surface area contributed by atoms with E-state index < -0.39 is 0 Å². The van der Waals surface area contributed by atoms with Crippen molar-refractivity contribution < 1.29 is 9.53 Å². The van der Waals surface area contributed by atoms with Crippen LogP contribution in [0.25, 0.3) is 0 Å². The zero-order valence-electron chi connectivity index (χ0n) is 14.4. The van der Waals surface area contributed by atoms with E-state index in [2.05, 4.69) is 30.0 Å². The van der Waals surface area contributed by atoms with E-state index in [1.54, 1.807) is 0 Å². The van der Waals surface area contributed by atoms with Gasteiger partial charge in [0.2, 0.25) is 5.91 Å². The molecule has 6 heteroatoms. The molecule has 2 aromatic rings. The first-order valence-electron chi connectivity index (χ1n) is 8.15. The van der Waals surface area contributed by atoms with Gasteiger partial charge in [-0.15, -0.1) is 0 Å². The number of nitrogens with one attached hydrogen (secondary N) is 3. The second kappa shape index (κ2) is 9.64. The minimum absolute atomic E-state index is 0.173. The van der Waals surface area contributed by atoms with Crippen molar-refractivity contribution in [3.05, 3.63) is 60.2 Å². The minimum atomic E-state index is -0.173. The first-order valence-corrected chi connectivity index (χ1v) is 8.56. The predicted molar refractivity (Wildman–Crippen MR) is 104 cm³/mol. The van der Waals surface area contributed by atoms with Crippen molar-refractivity contribution in [1.82, 2.24) is 10.9 Å². The monoisotopic (exact) mass is 357 g/mol. The summed E-state index contributed by atoms with van der Waals surface area (Å²) in [6.07, 6.45) is 0.255. The van der Waals surface area contributed by atoms with Gasteiger partial charge in [0.05, 0.1) is 13.0 Å². The molecule has 0 bridgehead atoms. The summed E-state index contributed by atoms with van der Waals surface area (Å²) in [4.78, 5) is 12.0. The molecule has 1 amide bonds. The first kappa shape index (κ1) is 18.7. The van der Waals surface area contributed by atoms with Crippen LogP contribution < -0.4 is 20.9 Å². The summed E-state index contributed by atoms with van der Waals surface area (Å²) < 4.78 is 5.62. The fourth-order valence-electron chi connectivity index (χ4n) is 2.01. The molecule has 0 aromatic heterocycles. The first-order chi connectivity index (χ1) is 12.0. The van der Waals surface area contributed by atoms with Crippen LogP contribution in [0.2, 0.25) is 0 Å². The number of para-hydroxylation sites is 1. The Balaban J connectivity index is 1.73. The van der Waals surface area contributed by atoms with Crippen LogP contribution in [0.1, 0.15) is 19.4 Å². The molecule has 0 atom stereocenters. The average molecular weight is 357 g/mol. The maximum atomic E-state index is 12.0. The molecule has 0 aliphatic heterocycles. The quantitative estimate of drug-likeness (QED) is 0.547. The summed E-state index contributed by atoms with van der Waals surface area (Å²) in [5, 5.41) is 3.31. The van der Waals surface area contributed by atoms with Crippen LogP contribution in [-0.4, -0.2) is 17.6 Å². The standard InChI is InChI=1S/C19H23N3O2S/c1-14(2)13-24-17-10-8-15(9-11-17)12-18(23)21-22-19(25)20-16-6-4-3-5-7-16/h3-11,14H,12-13H2,1-2H3,(H,21,23)(H2,20,22,25). The Bertz CT molecular complexity index is 688. The summed E-state index contributed by atoms with van der Waals surface area (Å²) in [5.41, 5.74) is 7.03. The number of ether oxygens (including phenoxy) is 1. The number of thiocarbonyl (C=S) groups is 1. The lowest BCUT2D eigenvalue weighted by molar-refractivity contribution is -0.120. The van der Waals surface area contributed by atoms with Gasteiger partial charge < -0.3 is 10.1 Å². The largest absolute Gasteiger partial charge is 0.493 e. The summed E-state index contributed by atoms with van der Waals surface area (Å²) >= 11 is 5.13. The van der Waals surface area contributed by atoms with Crippen molar-refractivity contribution in [3.63, 3.8) is 0 Å². The van der Waals surface area contributed by atoms with Crippen molar-refractivity contribution in [1.29, 1.82) is 0 Å². The van der Waals surface area contributed by atoms with E-state index in [0.29, 0.717) is 17.6 Å². The number of benzene rings is 2. The van der Waals surface area contributed by atoms with E-state index in [-0.39, 0.29) is 12.3 Å². The van der Waals surface area contributed by atoms with Crippen molar-refractivity contribution >= 4 is 28.9 Å². The molecule has 0 saturated carbocycles. The van der Waals surface area contributed by atoms with Gasteiger partial charge in [-0.3, -0.25) is 15.6 Å². The van der Waals surface area contributed by atoms with E-state index in [0.717, 1.165) is 17.0 Å². The molecule has 2 rings (SSSR count). The molecule has 0 saturated heterocycles. The zero-order chi connectivity index (χ0) is 18.1. The highest BCUT2D eigenvalue weighted by atomic mass is 32.1. The molecule has 0 aliphatic carbocycles. The zero-order valence-corrected chi connectivity index (χ0v) is 15.2. The van der Waals surface area contributed by atoms with E-state index in [1.807, 2.05) is 54.6 Å². The van der Waals surface area contributed by atoms with Gasteiger partial charge in [-0.2, -0.15) is 0 Å². The highest BCUT2D eigenvalue weighted by Crippen LogP contribution is 2.13. The van der Waals surface area contributed by atoms with Gasteiger partial charge in [-0.1, -0.05) is 44.2 Å². The molecule has 0 unspecified atom stereocenters. The third kappa shape index (κ3) is 7.22. The van der Waals surface area contributed by atoms with Crippen LogP contribution in [0.5, 0.6) is 5.75 Å². The fraction of sp³-hybridized carbons (Fsp3) is 0.263. The minimum Gasteiger partial charge on any atom is -0.493 e. The van der Waals surface area contributed by atoms with Gasteiger partial charge >= 0.3 is 0 Å². The van der Waals surface area contributed by atoms with Crippen molar-refractivity contribution in [2.24, 2.45) is 5.92 Å². The SMILES string of the molecule is CC(C)COc1ccc(CC(=O)NNC(=S)Nc2ccccc2)cc1. The van der Waals surface area contributed by atoms with Crippen LogP contribution >= 0.6 is 12.2 Å². The van der Waals surface area contributed by atoms with Crippen LogP contribution in [0.4, 0.5) is 5.69 Å². The lowest BCUT2D eigenvalue weighted by Gasteiger charge is -2.12. The Hall–Kier alpha value is -2.60. The number of hydrogen-bond donors (Lipinski definition) is 3. The number of carbonyl (C=O) groups excluding carboxylic acids is 1. The molecule has 0 spiro atoms. The van der Waals surface area contributed by atoms with Crippen LogP contribution in [0.15, 0.2) is 54.6 Å². The molecule has 25 heavy (non-hydrogen) atoms. The Labute approximate surface area is 153 Å². The molecule has 2 aromatic carbocycles. The second-order valence-electron chi connectivity index (χ2n) is 6.02.